The summed E-state index contributed by atoms with van der Waals surface area (Å²) in [4.78, 5) is 13.9. The summed E-state index contributed by atoms with van der Waals surface area (Å²) in [6.45, 7) is 0. The molecule has 0 atom stereocenters. The summed E-state index contributed by atoms with van der Waals surface area (Å²) in [6.07, 6.45) is -3.43. The molecule has 0 aliphatic carbocycles. The van der Waals surface area contributed by atoms with Gasteiger partial charge in [-0.1, -0.05) is 12.1 Å². The first kappa shape index (κ1) is 13.1. The molecule has 0 saturated heterocycles. The van der Waals surface area contributed by atoms with Crippen LogP contribution in [0.15, 0.2) is 42.6 Å². The van der Waals surface area contributed by atoms with E-state index in [4.69, 9.17) is 5.11 Å². The van der Waals surface area contributed by atoms with Crippen LogP contribution in [-0.2, 0) is 6.18 Å². The van der Waals surface area contributed by atoms with Gasteiger partial charge in [-0.05, 0) is 35.4 Å². The fourth-order valence-electron chi connectivity index (χ4n) is 1.57. The molecule has 6 heteroatoms. The van der Waals surface area contributed by atoms with Crippen molar-refractivity contribution in [3.63, 3.8) is 0 Å². The number of carbonyl (C=O) groups is 1. The fraction of sp³-hybridized carbons (Fsp3) is 0.0769. The summed E-state index contributed by atoms with van der Waals surface area (Å²) in [7, 11) is 0. The van der Waals surface area contributed by atoms with Gasteiger partial charge in [-0.3, -0.25) is 4.98 Å². The van der Waals surface area contributed by atoms with Crippen molar-refractivity contribution in [3.05, 3.63) is 53.9 Å². The molecule has 1 N–H and O–H groups in total. The van der Waals surface area contributed by atoms with Crippen LogP contribution < -0.4 is 0 Å². The highest BCUT2D eigenvalue weighted by Gasteiger charge is 2.32. The van der Waals surface area contributed by atoms with Gasteiger partial charge in [-0.2, -0.15) is 13.2 Å². The van der Waals surface area contributed by atoms with Gasteiger partial charge >= 0.3 is 12.1 Å². The third-order valence-corrected chi connectivity index (χ3v) is 2.52. The summed E-state index contributed by atoms with van der Waals surface area (Å²) in [6, 6.07) is 7.95. The van der Waals surface area contributed by atoms with Crippen molar-refractivity contribution in [1.29, 1.82) is 0 Å². The Morgan fingerprint density at radius 1 is 1.05 bits per heavy atom. The lowest BCUT2D eigenvalue weighted by molar-refractivity contribution is -0.141. The molecule has 2 rings (SSSR count). The molecule has 1 heterocycles. The van der Waals surface area contributed by atoms with Gasteiger partial charge in [0.15, 0.2) is 0 Å². The average Bonchev–Trinajstić information content (AvgIpc) is 2.38. The summed E-state index contributed by atoms with van der Waals surface area (Å²) in [5, 5.41) is 8.74. The molecule has 98 valence electrons. The highest BCUT2D eigenvalue weighted by atomic mass is 19.4. The molecule has 0 aliphatic heterocycles. The Morgan fingerprint density at radius 2 is 1.68 bits per heavy atom. The number of carboxylic acids is 1. The van der Waals surface area contributed by atoms with Crippen LogP contribution >= 0.6 is 0 Å². The van der Waals surface area contributed by atoms with Crippen LogP contribution in [0.3, 0.4) is 0 Å². The van der Waals surface area contributed by atoms with E-state index >= 15 is 0 Å². The van der Waals surface area contributed by atoms with Crippen molar-refractivity contribution in [3.8, 4) is 11.1 Å². The summed E-state index contributed by atoms with van der Waals surface area (Å²) in [5.74, 6) is -1.09. The Hall–Kier alpha value is -2.37. The molecule has 1 aromatic heterocycles. The highest BCUT2D eigenvalue weighted by molar-refractivity contribution is 5.88. The van der Waals surface area contributed by atoms with Crippen molar-refractivity contribution in [2.75, 3.05) is 0 Å². The van der Waals surface area contributed by atoms with Gasteiger partial charge < -0.3 is 5.11 Å². The molecule has 0 unspecified atom stereocenters. The number of hydrogen-bond donors (Lipinski definition) is 1. The van der Waals surface area contributed by atoms with Gasteiger partial charge in [0, 0.05) is 6.20 Å². The monoisotopic (exact) mass is 267 g/mol. The molecule has 0 fully saturated rings. The standard InChI is InChI=1S/C13H8F3NO2/c14-13(15,16)11-7-10(5-6-17-11)8-1-3-9(4-2-8)12(18)19/h1-7H,(H,18,19). The predicted molar refractivity (Wildman–Crippen MR) is 61.6 cm³/mol. The van der Waals surface area contributed by atoms with Gasteiger partial charge in [-0.25, -0.2) is 4.79 Å². The second-order valence-electron chi connectivity index (χ2n) is 3.81. The topological polar surface area (TPSA) is 50.2 Å². The molecule has 19 heavy (non-hydrogen) atoms. The Kier molecular flexibility index (Phi) is 3.25. The maximum atomic E-state index is 12.5. The van der Waals surface area contributed by atoms with E-state index in [0.717, 1.165) is 12.3 Å². The Morgan fingerprint density at radius 3 is 2.21 bits per heavy atom. The number of aromatic nitrogens is 1. The molecule has 0 radical (unpaired) electrons. The number of rotatable bonds is 2. The zero-order chi connectivity index (χ0) is 14.0. The minimum Gasteiger partial charge on any atom is -0.478 e. The highest BCUT2D eigenvalue weighted by Crippen LogP contribution is 2.30. The molecule has 0 bridgehead atoms. The van der Waals surface area contributed by atoms with E-state index in [1.165, 1.54) is 30.3 Å². The van der Waals surface area contributed by atoms with Crippen molar-refractivity contribution in [2.45, 2.75) is 6.18 Å². The van der Waals surface area contributed by atoms with Crippen molar-refractivity contribution in [1.82, 2.24) is 4.98 Å². The molecular formula is C13H8F3NO2. The molecule has 0 saturated carbocycles. The summed E-state index contributed by atoms with van der Waals surface area (Å²) in [5.41, 5.74) is -0.0710. The van der Waals surface area contributed by atoms with E-state index in [2.05, 4.69) is 4.98 Å². The quantitative estimate of drug-likeness (QED) is 0.906. The molecule has 0 aliphatic rings. The molecule has 0 amide bonds. The maximum absolute atomic E-state index is 12.5. The third kappa shape index (κ3) is 2.90. The van der Waals surface area contributed by atoms with E-state index in [9.17, 15) is 18.0 Å². The van der Waals surface area contributed by atoms with Crippen LogP contribution in [0.1, 0.15) is 16.1 Å². The van der Waals surface area contributed by atoms with Gasteiger partial charge in [-0.15, -0.1) is 0 Å². The minimum atomic E-state index is -4.50. The van der Waals surface area contributed by atoms with Gasteiger partial charge in [0.2, 0.25) is 0 Å². The minimum absolute atomic E-state index is 0.0776. The molecule has 1 aromatic carbocycles. The van der Waals surface area contributed by atoms with Crippen molar-refractivity contribution in [2.24, 2.45) is 0 Å². The first-order valence-corrected chi connectivity index (χ1v) is 5.25. The zero-order valence-electron chi connectivity index (χ0n) is 9.48. The van der Waals surface area contributed by atoms with Crippen LogP contribution in [0.4, 0.5) is 13.2 Å². The number of carboxylic acid groups (broad SMARTS) is 1. The zero-order valence-corrected chi connectivity index (χ0v) is 9.48. The largest absolute Gasteiger partial charge is 0.478 e. The van der Waals surface area contributed by atoms with Gasteiger partial charge in [0.1, 0.15) is 5.69 Å². The number of alkyl halides is 3. The van der Waals surface area contributed by atoms with Crippen LogP contribution in [0.25, 0.3) is 11.1 Å². The van der Waals surface area contributed by atoms with Crippen LogP contribution in [0.5, 0.6) is 0 Å². The fourth-order valence-corrected chi connectivity index (χ4v) is 1.57. The van der Waals surface area contributed by atoms with Gasteiger partial charge in [0.25, 0.3) is 0 Å². The molecule has 0 spiro atoms. The number of benzene rings is 1. The van der Waals surface area contributed by atoms with Crippen molar-refractivity contribution < 1.29 is 23.1 Å². The normalized spacial score (nSPS) is 11.3. The number of nitrogens with zero attached hydrogens (tertiary/aromatic N) is 1. The average molecular weight is 267 g/mol. The Balaban J connectivity index is 2.39. The first-order valence-electron chi connectivity index (χ1n) is 5.25. The molecule has 2 aromatic rings. The smallest absolute Gasteiger partial charge is 0.433 e. The van der Waals surface area contributed by atoms with Gasteiger partial charge in [0.05, 0.1) is 5.56 Å². The van der Waals surface area contributed by atoms with E-state index in [0.29, 0.717) is 11.1 Å². The molecular weight excluding hydrogens is 259 g/mol. The van der Waals surface area contributed by atoms with E-state index < -0.39 is 17.8 Å². The van der Waals surface area contributed by atoms with E-state index in [1.807, 2.05) is 0 Å². The second kappa shape index (κ2) is 4.72. The lowest BCUT2D eigenvalue weighted by Gasteiger charge is -2.08. The van der Waals surface area contributed by atoms with Crippen LogP contribution in [0.2, 0.25) is 0 Å². The van der Waals surface area contributed by atoms with Crippen LogP contribution in [-0.4, -0.2) is 16.1 Å². The van der Waals surface area contributed by atoms with E-state index in [-0.39, 0.29) is 5.56 Å². The Bertz CT molecular complexity index is 606. The number of hydrogen-bond acceptors (Lipinski definition) is 2. The van der Waals surface area contributed by atoms with Crippen molar-refractivity contribution >= 4 is 5.97 Å². The molecule has 3 nitrogen and oxygen atoms in total. The number of pyridine rings is 1. The maximum Gasteiger partial charge on any atom is 0.433 e. The Labute approximate surface area is 106 Å². The number of halogens is 3. The SMILES string of the molecule is O=C(O)c1ccc(-c2ccnc(C(F)(F)F)c2)cc1. The summed E-state index contributed by atoms with van der Waals surface area (Å²) < 4.78 is 37.5. The predicted octanol–water partition coefficient (Wildman–Crippen LogP) is 3.47. The lowest BCUT2D eigenvalue weighted by atomic mass is 10.0. The van der Waals surface area contributed by atoms with Crippen LogP contribution in [0, 0.1) is 0 Å². The summed E-state index contributed by atoms with van der Waals surface area (Å²) >= 11 is 0. The second-order valence-corrected chi connectivity index (χ2v) is 3.81. The number of aromatic carboxylic acids is 1. The first-order chi connectivity index (χ1) is 8.88. The lowest BCUT2D eigenvalue weighted by Crippen LogP contribution is -2.07. The third-order valence-electron chi connectivity index (χ3n) is 2.52. The van der Waals surface area contributed by atoms with E-state index in [1.54, 1.807) is 0 Å².